The Morgan fingerprint density at radius 3 is 2.58 bits per heavy atom. The summed E-state index contributed by atoms with van der Waals surface area (Å²) in [6, 6.07) is 13.1. The minimum absolute atomic E-state index is 0.00415. The van der Waals surface area contributed by atoms with E-state index >= 15 is 0 Å². The molecule has 5 nitrogen and oxygen atoms in total. The first-order valence-electron chi connectivity index (χ1n) is 8.90. The number of carbonyl (C=O) groups is 1. The molecule has 0 atom stereocenters. The zero-order chi connectivity index (χ0) is 18.5. The summed E-state index contributed by atoms with van der Waals surface area (Å²) < 4.78 is 5.57. The quantitative estimate of drug-likeness (QED) is 0.812. The minimum Gasteiger partial charge on any atom is -0.491 e. The molecule has 1 saturated heterocycles. The van der Waals surface area contributed by atoms with Crippen molar-refractivity contribution >= 4 is 28.9 Å². The van der Waals surface area contributed by atoms with Crippen LogP contribution in [0.15, 0.2) is 42.5 Å². The number of anilines is 2. The molecule has 1 amide bonds. The van der Waals surface area contributed by atoms with E-state index in [1.54, 1.807) is 18.2 Å². The third-order valence-electron chi connectivity index (χ3n) is 4.46. The second kappa shape index (κ2) is 8.32. The monoisotopic (exact) mass is 373 g/mol. The lowest BCUT2D eigenvalue weighted by Gasteiger charge is -2.36. The van der Waals surface area contributed by atoms with Crippen LogP contribution < -0.4 is 15.4 Å². The SMILES string of the molecule is CCCOc1ccc(C(=O)N2CCN(c3cccc(Cl)c3)CC2)cc1N. The number of benzene rings is 2. The van der Waals surface area contributed by atoms with Crippen LogP contribution in [-0.2, 0) is 0 Å². The van der Waals surface area contributed by atoms with Crippen LogP contribution in [0.5, 0.6) is 5.75 Å². The summed E-state index contributed by atoms with van der Waals surface area (Å²) in [4.78, 5) is 16.9. The second-order valence-electron chi connectivity index (χ2n) is 6.36. The molecule has 0 saturated carbocycles. The van der Waals surface area contributed by atoms with Crippen molar-refractivity contribution in [1.29, 1.82) is 0 Å². The Labute approximate surface area is 159 Å². The van der Waals surface area contributed by atoms with Gasteiger partial charge in [-0.15, -0.1) is 0 Å². The third kappa shape index (κ3) is 4.22. The number of piperazine rings is 1. The lowest BCUT2D eigenvalue weighted by Crippen LogP contribution is -2.48. The number of nitrogen functional groups attached to an aromatic ring is 1. The van der Waals surface area contributed by atoms with Crippen LogP contribution in [0.1, 0.15) is 23.7 Å². The van der Waals surface area contributed by atoms with Gasteiger partial charge in [0.15, 0.2) is 0 Å². The van der Waals surface area contributed by atoms with Gasteiger partial charge < -0.3 is 20.3 Å². The van der Waals surface area contributed by atoms with Gasteiger partial charge in [-0.05, 0) is 42.8 Å². The maximum absolute atomic E-state index is 12.8. The molecule has 138 valence electrons. The van der Waals surface area contributed by atoms with Crippen molar-refractivity contribution in [3.8, 4) is 5.75 Å². The maximum atomic E-state index is 12.8. The van der Waals surface area contributed by atoms with E-state index in [9.17, 15) is 4.79 Å². The molecule has 2 aromatic rings. The predicted octanol–water partition coefficient (Wildman–Crippen LogP) is 3.67. The van der Waals surface area contributed by atoms with Crippen LogP contribution in [0.3, 0.4) is 0 Å². The molecule has 0 aliphatic carbocycles. The van der Waals surface area contributed by atoms with Crippen LogP contribution in [0.4, 0.5) is 11.4 Å². The molecule has 1 aliphatic heterocycles. The average Bonchev–Trinajstić information content (AvgIpc) is 2.66. The Hall–Kier alpha value is -2.40. The molecule has 2 aromatic carbocycles. The highest BCUT2D eigenvalue weighted by Gasteiger charge is 2.23. The molecular formula is C20H24ClN3O2. The van der Waals surface area contributed by atoms with Gasteiger partial charge in [0.25, 0.3) is 5.91 Å². The average molecular weight is 374 g/mol. The number of rotatable bonds is 5. The van der Waals surface area contributed by atoms with Crippen LogP contribution in [0.2, 0.25) is 5.02 Å². The molecule has 1 heterocycles. The van der Waals surface area contributed by atoms with Gasteiger partial charge in [0.1, 0.15) is 5.75 Å². The Morgan fingerprint density at radius 2 is 1.92 bits per heavy atom. The van der Waals surface area contributed by atoms with Gasteiger partial charge in [-0.1, -0.05) is 24.6 Å². The number of hydrogen-bond donors (Lipinski definition) is 1. The van der Waals surface area contributed by atoms with E-state index < -0.39 is 0 Å². The summed E-state index contributed by atoms with van der Waals surface area (Å²) >= 11 is 6.07. The molecule has 0 radical (unpaired) electrons. The van der Waals surface area contributed by atoms with E-state index in [0.29, 0.717) is 36.7 Å². The molecular weight excluding hydrogens is 350 g/mol. The molecule has 3 rings (SSSR count). The smallest absolute Gasteiger partial charge is 0.254 e. The van der Waals surface area contributed by atoms with Gasteiger partial charge in [-0.25, -0.2) is 0 Å². The molecule has 6 heteroatoms. The van der Waals surface area contributed by atoms with E-state index in [0.717, 1.165) is 30.2 Å². The number of halogens is 1. The van der Waals surface area contributed by atoms with Crippen molar-refractivity contribution in [1.82, 2.24) is 4.90 Å². The fourth-order valence-corrected chi connectivity index (χ4v) is 3.23. The highest BCUT2D eigenvalue weighted by molar-refractivity contribution is 6.30. The number of carbonyl (C=O) groups excluding carboxylic acids is 1. The molecule has 26 heavy (non-hydrogen) atoms. The lowest BCUT2D eigenvalue weighted by molar-refractivity contribution is 0.0747. The van der Waals surface area contributed by atoms with Gasteiger partial charge in [0, 0.05) is 42.5 Å². The molecule has 2 N–H and O–H groups in total. The summed E-state index contributed by atoms with van der Waals surface area (Å²) in [7, 11) is 0. The first-order chi connectivity index (χ1) is 12.6. The number of ether oxygens (including phenoxy) is 1. The lowest BCUT2D eigenvalue weighted by atomic mass is 10.1. The Balaban J connectivity index is 1.62. The first kappa shape index (κ1) is 18.4. The van der Waals surface area contributed by atoms with Gasteiger partial charge in [0.2, 0.25) is 0 Å². The Morgan fingerprint density at radius 1 is 1.15 bits per heavy atom. The third-order valence-corrected chi connectivity index (χ3v) is 4.69. The summed E-state index contributed by atoms with van der Waals surface area (Å²) in [5.74, 6) is 0.638. The predicted molar refractivity (Wildman–Crippen MR) is 106 cm³/mol. The normalized spacial score (nSPS) is 14.4. The van der Waals surface area contributed by atoms with E-state index in [1.807, 2.05) is 36.1 Å². The second-order valence-corrected chi connectivity index (χ2v) is 6.80. The van der Waals surface area contributed by atoms with Gasteiger partial charge in [-0.2, -0.15) is 0 Å². The molecule has 0 bridgehead atoms. The highest BCUT2D eigenvalue weighted by Crippen LogP contribution is 2.25. The zero-order valence-electron chi connectivity index (χ0n) is 15.0. The van der Waals surface area contributed by atoms with E-state index in [4.69, 9.17) is 22.1 Å². The summed E-state index contributed by atoms with van der Waals surface area (Å²) in [6.45, 7) is 5.54. The van der Waals surface area contributed by atoms with Crippen LogP contribution in [-0.4, -0.2) is 43.6 Å². The van der Waals surface area contributed by atoms with E-state index in [1.165, 1.54) is 0 Å². The zero-order valence-corrected chi connectivity index (χ0v) is 15.7. The van der Waals surface area contributed by atoms with Crippen molar-refractivity contribution in [3.05, 3.63) is 53.1 Å². The Kier molecular flexibility index (Phi) is 5.89. The van der Waals surface area contributed by atoms with Crippen molar-refractivity contribution in [2.24, 2.45) is 0 Å². The molecule has 0 unspecified atom stereocenters. The minimum atomic E-state index is 0.00415. The number of nitrogens with two attached hydrogens (primary N) is 1. The molecule has 0 spiro atoms. The topological polar surface area (TPSA) is 58.8 Å². The van der Waals surface area contributed by atoms with Crippen LogP contribution >= 0.6 is 11.6 Å². The Bertz CT molecular complexity index is 773. The van der Waals surface area contributed by atoms with Crippen molar-refractivity contribution in [3.63, 3.8) is 0 Å². The van der Waals surface area contributed by atoms with Crippen molar-refractivity contribution in [2.45, 2.75) is 13.3 Å². The van der Waals surface area contributed by atoms with Crippen molar-refractivity contribution in [2.75, 3.05) is 43.4 Å². The van der Waals surface area contributed by atoms with Gasteiger partial charge in [-0.3, -0.25) is 4.79 Å². The first-order valence-corrected chi connectivity index (χ1v) is 9.28. The van der Waals surface area contributed by atoms with Crippen LogP contribution in [0, 0.1) is 0 Å². The highest BCUT2D eigenvalue weighted by atomic mass is 35.5. The maximum Gasteiger partial charge on any atom is 0.254 e. The van der Waals surface area contributed by atoms with E-state index in [2.05, 4.69) is 4.90 Å². The summed E-state index contributed by atoms with van der Waals surface area (Å²) in [5, 5.41) is 0.724. The molecule has 1 aliphatic rings. The molecule has 1 fully saturated rings. The molecule has 0 aromatic heterocycles. The number of amides is 1. The largest absolute Gasteiger partial charge is 0.491 e. The van der Waals surface area contributed by atoms with Crippen LogP contribution in [0.25, 0.3) is 0 Å². The summed E-state index contributed by atoms with van der Waals surface area (Å²) in [5.41, 5.74) is 8.22. The number of hydrogen-bond acceptors (Lipinski definition) is 4. The summed E-state index contributed by atoms with van der Waals surface area (Å²) in [6.07, 6.45) is 0.914. The fraction of sp³-hybridized carbons (Fsp3) is 0.350. The van der Waals surface area contributed by atoms with Gasteiger partial charge >= 0.3 is 0 Å². The van der Waals surface area contributed by atoms with Gasteiger partial charge in [0.05, 0.1) is 12.3 Å². The standard InChI is InChI=1S/C20H24ClN3O2/c1-2-12-26-19-7-6-15(13-18(19)22)20(25)24-10-8-23(9-11-24)17-5-3-4-16(21)14-17/h3-7,13-14H,2,8-12,22H2,1H3. The van der Waals surface area contributed by atoms with Crippen molar-refractivity contribution < 1.29 is 9.53 Å². The number of nitrogens with zero attached hydrogens (tertiary/aromatic N) is 2. The van der Waals surface area contributed by atoms with E-state index in [-0.39, 0.29) is 5.91 Å². The fourth-order valence-electron chi connectivity index (χ4n) is 3.05.